The van der Waals surface area contributed by atoms with E-state index in [1.54, 1.807) is 4.90 Å². The van der Waals surface area contributed by atoms with Crippen LogP contribution in [0.15, 0.2) is 35.3 Å². The van der Waals surface area contributed by atoms with Gasteiger partial charge in [-0.1, -0.05) is 30.3 Å². The molecule has 5 rings (SSSR count). The van der Waals surface area contributed by atoms with Crippen molar-refractivity contribution in [2.45, 2.75) is 37.8 Å². The van der Waals surface area contributed by atoms with E-state index in [4.69, 9.17) is 4.99 Å². The number of hydrogen-bond donors (Lipinski definition) is 1. The number of fused-ring (bicyclic) bond motifs is 5. The normalized spacial score (nSPS) is 24.7. The average Bonchev–Trinajstić information content (AvgIpc) is 3.27. The van der Waals surface area contributed by atoms with Crippen molar-refractivity contribution < 1.29 is 4.79 Å². The number of H-pyrrole nitrogens is 1. The molecule has 24 heavy (non-hydrogen) atoms. The van der Waals surface area contributed by atoms with Crippen LogP contribution in [0, 0.1) is 0 Å². The first-order chi connectivity index (χ1) is 11.7. The van der Waals surface area contributed by atoms with Crippen molar-refractivity contribution >= 4 is 17.7 Å². The molecule has 2 atom stereocenters. The van der Waals surface area contributed by atoms with Gasteiger partial charge in [0.05, 0.1) is 17.8 Å². The minimum Gasteiger partial charge on any atom is -0.289 e. The highest BCUT2D eigenvalue weighted by Gasteiger charge is 2.48. The third kappa shape index (κ3) is 1.79. The molecule has 6 nitrogen and oxygen atoms in total. The Morgan fingerprint density at radius 2 is 2.08 bits per heavy atom. The molecule has 1 aromatic heterocycles. The van der Waals surface area contributed by atoms with Crippen molar-refractivity contribution in [1.29, 1.82) is 0 Å². The first-order valence-corrected chi connectivity index (χ1v) is 8.50. The fourth-order valence-electron chi connectivity index (χ4n) is 4.18. The largest absolute Gasteiger partial charge is 0.289 e. The second kappa shape index (κ2) is 4.93. The minimum absolute atomic E-state index is 0.0142. The van der Waals surface area contributed by atoms with E-state index < -0.39 is 0 Å². The number of benzene rings is 1. The fraction of sp³-hybridized carbons (Fsp3) is 0.389. The van der Waals surface area contributed by atoms with Gasteiger partial charge in [-0.25, -0.2) is 4.99 Å². The standard InChI is InChI=1S/C18H19N5O/c1-22-17(24)15-13(10-11-6-3-2-4-7-11)20-21-16(15)23-14-9-5-8-12(14)19-18(22)23/h2-4,6-7,12,14H,5,8-10H2,1H3,(H,20,21)/t12-,14+/m1/s1. The van der Waals surface area contributed by atoms with Crippen LogP contribution in [0.25, 0.3) is 0 Å². The fourth-order valence-corrected chi connectivity index (χ4v) is 4.18. The summed E-state index contributed by atoms with van der Waals surface area (Å²) in [5, 5.41) is 7.63. The smallest absolute Gasteiger partial charge is 0.266 e. The molecular formula is C18H19N5O. The van der Waals surface area contributed by atoms with Gasteiger partial charge in [-0.15, -0.1) is 0 Å². The molecule has 122 valence electrons. The van der Waals surface area contributed by atoms with Crippen molar-refractivity contribution in [2.75, 3.05) is 11.9 Å². The van der Waals surface area contributed by atoms with Gasteiger partial charge in [-0.3, -0.25) is 19.7 Å². The maximum atomic E-state index is 12.9. The number of guanidine groups is 1. The number of aromatic amines is 1. The Morgan fingerprint density at radius 1 is 1.25 bits per heavy atom. The van der Waals surface area contributed by atoms with Gasteiger partial charge in [-0.2, -0.15) is 5.10 Å². The van der Waals surface area contributed by atoms with E-state index in [1.165, 1.54) is 12.0 Å². The zero-order chi connectivity index (χ0) is 16.3. The Hall–Kier alpha value is -2.63. The predicted molar refractivity (Wildman–Crippen MR) is 91.3 cm³/mol. The number of carbonyl (C=O) groups is 1. The summed E-state index contributed by atoms with van der Waals surface area (Å²) in [6, 6.07) is 10.8. The molecule has 3 aliphatic rings. The van der Waals surface area contributed by atoms with Gasteiger partial charge in [0.15, 0.2) is 5.82 Å². The molecule has 1 aromatic carbocycles. The third-order valence-corrected chi connectivity index (χ3v) is 5.36. The first-order valence-electron chi connectivity index (χ1n) is 8.50. The van der Waals surface area contributed by atoms with E-state index in [2.05, 4.69) is 27.2 Å². The lowest BCUT2D eigenvalue weighted by Gasteiger charge is -2.34. The highest BCUT2D eigenvalue weighted by atomic mass is 16.2. The molecule has 1 N–H and O–H groups in total. The van der Waals surface area contributed by atoms with Gasteiger partial charge in [0.2, 0.25) is 5.96 Å². The number of nitrogens with zero attached hydrogens (tertiary/aromatic N) is 4. The van der Waals surface area contributed by atoms with E-state index in [9.17, 15) is 4.79 Å². The lowest BCUT2D eigenvalue weighted by Crippen LogP contribution is -2.51. The zero-order valence-electron chi connectivity index (χ0n) is 13.6. The van der Waals surface area contributed by atoms with Crippen LogP contribution in [0.5, 0.6) is 0 Å². The number of carbonyl (C=O) groups excluding carboxylic acids is 1. The predicted octanol–water partition coefficient (Wildman–Crippen LogP) is 2.18. The van der Waals surface area contributed by atoms with Gasteiger partial charge in [0.1, 0.15) is 5.56 Å². The summed E-state index contributed by atoms with van der Waals surface area (Å²) >= 11 is 0. The Labute approximate surface area is 140 Å². The van der Waals surface area contributed by atoms with Crippen LogP contribution in [-0.2, 0) is 6.42 Å². The number of hydrogen-bond acceptors (Lipinski definition) is 4. The number of anilines is 1. The molecule has 0 unspecified atom stereocenters. The molecule has 1 saturated carbocycles. The summed E-state index contributed by atoms with van der Waals surface area (Å²) in [5.74, 6) is 1.51. The second-order valence-electron chi connectivity index (χ2n) is 6.79. The van der Waals surface area contributed by atoms with E-state index in [0.29, 0.717) is 24.1 Å². The van der Waals surface area contributed by atoms with Gasteiger partial charge in [-0.05, 0) is 24.8 Å². The topological polar surface area (TPSA) is 64.6 Å². The number of aliphatic imine (C=N–C) groups is 1. The number of rotatable bonds is 2. The molecule has 1 aliphatic carbocycles. The minimum atomic E-state index is -0.0142. The number of amides is 1. The lowest BCUT2D eigenvalue weighted by molar-refractivity contribution is 0.0864. The SMILES string of the molecule is CN1C(=O)c2c(n[nH]c2Cc2ccccc2)N2C1=N[C@@H]1CCC[C@@H]12. The average molecular weight is 321 g/mol. The van der Waals surface area contributed by atoms with Gasteiger partial charge >= 0.3 is 0 Å². The summed E-state index contributed by atoms with van der Waals surface area (Å²) in [7, 11) is 1.82. The summed E-state index contributed by atoms with van der Waals surface area (Å²) in [6.45, 7) is 0. The van der Waals surface area contributed by atoms with Gasteiger partial charge in [0, 0.05) is 13.5 Å². The van der Waals surface area contributed by atoms with Crippen molar-refractivity contribution in [3.05, 3.63) is 47.2 Å². The quantitative estimate of drug-likeness (QED) is 0.922. The van der Waals surface area contributed by atoms with Gasteiger partial charge in [0.25, 0.3) is 5.91 Å². The van der Waals surface area contributed by atoms with Crippen molar-refractivity contribution in [1.82, 2.24) is 15.1 Å². The van der Waals surface area contributed by atoms with Crippen LogP contribution in [0.4, 0.5) is 5.82 Å². The van der Waals surface area contributed by atoms with Crippen LogP contribution < -0.4 is 4.90 Å². The molecular weight excluding hydrogens is 302 g/mol. The zero-order valence-corrected chi connectivity index (χ0v) is 13.6. The van der Waals surface area contributed by atoms with Crippen molar-refractivity contribution in [3.8, 4) is 0 Å². The highest BCUT2D eigenvalue weighted by Crippen LogP contribution is 2.40. The Morgan fingerprint density at radius 3 is 2.92 bits per heavy atom. The number of aromatic nitrogens is 2. The van der Waals surface area contributed by atoms with E-state index in [0.717, 1.165) is 30.3 Å². The van der Waals surface area contributed by atoms with Crippen molar-refractivity contribution in [3.63, 3.8) is 0 Å². The van der Waals surface area contributed by atoms with Gasteiger partial charge < -0.3 is 0 Å². The Kier molecular flexibility index (Phi) is 2.83. The van der Waals surface area contributed by atoms with E-state index in [1.807, 2.05) is 25.2 Å². The molecule has 2 aliphatic heterocycles. The maximum absolute atomic E-state index is 12.9. The highest BCUT2D eigenvalue weighted by molar-refractivity contribution is 6.19. The van der Waals surface area contributed by atoms with Crippen LogP contribution in [-0.4, -0.2) is 46.1 Å². The molecule has 0 radical (unpaired) electrons. The third-order valence-electron chi connectivity index (χ3n) is 5.36. The molecule has 3 heterocycles. The molecule has 6 heteroatoms. The summed E-state index contributed by atoms with van der Waals surface area (Å²) in [6.07, 6.45) is 4.08. The van der Waals surface area contributed by atoms with Crippen LogP contribution in [0.1, 0.15) is 40.9 Å². The van der Waals surface area contributed by atoms with E-state index in [-0.39, 0.29) is 5.91 Å². The second-order valence-corrected chi connectivity index (χ2v) is 6.79. The van der Waals surface area contributed by atoms with Crippen LogP contribution in [0.3, 0.4) is 0 Å². The van der Waals surface area contributed by atoms with Crippen LogP contribution >= 0.6 is 0 Å². The molecule has 0 spiro atoms. The van der Waals surface area contributed by atoms with E-state index >= 15 is 0 Å². The lowest BCUT2D eigenvalue weighted by atomic mass is 10.0. The molecule has 1 fully saturated rings. The van der Waals surface area contributed by atoms with Crippen molar-refractivity contribution in [2.24, 2.45) is 4.99 Å². The summed E-state index contributed by atoms with van der Waals surface area (Å²) < 4.78 is 0. The monoisotopic (exact) mass is 321 g/mol. The summed E-state index contributed by atoms with van der Waals surface area (Å²) in [4.78, 5) is 21.6. The molecule has 0 bridgehead atoms. The molecule has 2 aromatic rings. The summed E-state index contributed by atoms with van der Waals surface area (Å²) in [5.41, 5.74) is 2.75. The molecule has 0 saturated heterocycles. The first kappa shape index (κ1) is 13.8. The Balaban J connectivity index is 1.59. The number of nitrogens with one attached hydrogen (secondary N) is 1. The maximum Gasteiger partial charge on any atom is 0.266 e. The Bertz CT molecular complexity index is 840. The molecule has 1 amide bonds. The van der Waals surface area contributed by atoms with Crippen LogP contribution in [0.2, 0.25) is 0 Å².